The first-order valence-electron chi connectivity index (χ1n) is 9.52. The predicted octanol–water partition coefficient (Wildman–Crippen LogP) is 4.52. The van der Waals surface area contributed by atoms with Gasteiger partial charge in [-0.25, -0.2) is 4.98 Å². The minimum Gasteiger partial charge on any atom is -0.481 e. The molecule has 0 aliphatic heterocycles. The molecule has 1 heterocycles. The lowest BCUT2D eigenvalue weighted by atomic mass is 10.1. The van der Waals surface area contributed by atoms with Crippen molar-refractivity contribution in [1.82, 2.24) is 9.97 Å². The van der Waals surface area contributed by atoms with Gasteiger partial charge < -0.3 is 14.6 Å². The second-order valence-corrected chi connectivity index (χ2v) is 9.41. The van der Waals surface area contributed by atoms with Gasteiger partial charge in [0, 0.05) is 18.1 Å². The molecule has 0 fully saturated rings. The normalized spacial score (nSPS) is 14.6. The molecule has 0 spiro atoms. The molecule has 0 aliphatic rings. The number of nitrogens with zero attached hydrogens (tertiary/aromatic N) is 1. The number of H-pyrrole nitrogens is 1. The number of carbonyl (C=O) groups is 1. The van der Waals surface area contributed by atoms with E-state index in [0.29, 0.717) is 31.8 Å². The van der Waals surface area contributed by atoms with Crippen LogP contribution < -0.4 is 0 Å². The number of carboxylic acids is 1. The van der Waals surface area contributed by atoms with Crippen LogP contribution in [0.5, 0.6) is 0 Å². The maximum atomic E-state index is 13.3. The lowest BCUT2D eigenvalue weighted by Crippen LogP contribution is -2.24. The van der Waals surface area contributed by atoms with Gasteiger partial charge in [-0.2, -0.15) is 0 Å². The molecule has 1 aromatic heterocycles. The predicted molar refractivity (Wildman–Crippen MR) is 106 cm³/mol. The molecule has 2 aromatic rings. The summed E-state index contributed by atoms with van der Waals surface area (Å²) in [5.41, 5.74) is 1.24. The number of benzene rings is 1. The van der Waals surface area contributed by atoms with Crippen molar-refractivity contribution >= 4 is 13.3 Å². The SMILES string of the molecule is CCOP(=O)(CCCCc1ccccc1)C(CCCc1cnc[nH]1)C(=O)O. The Morgan fingerprint density at radius 1 is 1.22 bits per heavy atom. The van der Waals surface area contributed by atoms with Crippen molar-refractivity contribution < 1.29 is 19.0 Å². The van der Waals surface area contributed by atoms with E-state index in [9.17, 15) is 14.5 Å². The highest BCUT2D eigenvalue weighted by molar-refractivity contribution is 7.60. The van der Waals surface area contributed by atoms with Gasteiger partial charge in [0.2, 0.25) is 7.37 Å². The number of imidazole rings is 1. The zero-order valence-electron chi connectivity index (χ0n) is 15.8. The van der Waals surface area contributed by atoms with E-state index < -0.39 is 19.0 Å². The minimum absolute atomic E-state index is 0.264. The average molecular weight is 392 g/mol. The molecule has 0 amide bonds. The quantitative estimate of drug-likeness (QED) is 0.386. The molecule has 7 heteroatoms. The van der Waals surface area contributed by atoms with Gasteiger partial charge >= 0.3 is 5.97 Å². The number of aromatic nitrogens is 2. The van der Waals surface area contributed by atoms with Crippen LogP contribution in [0.2, 0.25) is 0 Å². The summed E-state index contributed by atoms with van der Waals surface area (Å²) in [5.74, 6) is -1.03. The van der Waals surface area contributed by atoms with E-state index in [1.54, 1.807) is 19.4 Å². The molecule has 0 aliphatic carbocycles. The number of unbranched alkanes of at least 4 members (excludes halogenated alkanes) is 1. The van der Waals surface area contributed by atoms with Crippen LogP contribution in [-0.2, 0) is 26.7 Å². The van der Waals surface area contributed by atoms with Gasteiger partial charge in [-0.1, -0.05) is 30.3 Å². The van der Waals surface area contributed by atoms with Crippen molar-refractivity contribution in [2.75, 3.05) is 12.8 Å². The highest BCUT2D eigenvalue weighted by atomic mass is 31.2. The Kier molecular flexibility index (Phi) is 8.76. The second kappa shape index (κ2) is 11.1. The highest BCUT2D eigenvalue weighted by Crippen LogP contribution is 2.54. The van der Waals surface area contributed by atoms with Crippen LogP contribution in [0.25, 0.3) is 0 Å². The first-order chi connectivity index (χ1) is 13.0. The smallest absolute Gasteiger partial charge is 0.316 e. The third kappa shape index (κ3) is 6.96. The number of aryl methyl sites for hydroxylation is 2. The number of hydrogen-bond acceptors (Lipinski definition) is 4. The Bertz CT molecular complexity index is 719. The van der Waals surface area contributed by atoms with E-state index >= 15 is 0 Å². The Morgan fingerprint density at radius 3 is 2.63 bits per heavy atom. The van der Waals surface area contributed by atoms with Crippen LogP contribution in [0.15, 0.2) is 42.9 Å². The maximum Gasteiger partial charge on any atom is 0.316 e. The summed E-state index contributed by atoms with van der Waals surface area (Å²) in [6.07, 6.45) is 7.73. The van der Waals surface area contributed by atoms with Crippen LogP contribution in [0.1, 0.15) is 43.9 Å². The summed E-state index contributed by atoms with van der Waals surface area (Å²) in [4.78, 5) is 18.8. The number of aromatic amines is 1. The standard InChI is InChI=1S/C20H29N2O4P/c1-2-26-27(25,14-7-6-11-17-9-4-3-5-10-17)19(20(23)24)13-8-12-18-15-21-16-22-18/h3-5,9-10,15-16,19H,2,6-8,11-14H2,1H3,(H,21,22)(H,23,24). The summed E-state index contributed by atoms with van der Waals surface area (Å²) in [6.45, 7) is 2.03. The molecular formula is C20H29N2O4P. The molecule has 2 N–H and O–H groups in total. The van der Waals surface area contributed by atoms with Gasteiger partial charge in [-0.15, -0.1) is 0 Å². The largest absolute Gasteiger partial charge is 0.481 e. The zero-order chi connectivity index (χ0) is 19.5. The van der Waals surface area contributed by atoms with E-state index in [4.69, 9.17) is 4.52 Å². The summed E-state index contributed by atoms with van der Waals surface area (Å²) >= 11 is 0. The molecule has 1 aromatic carbocycles. The summed E-state index contributed by atoms with van der Waals surface area (Å²) in [5, 5.41) is 9.65. The lowest BCUT2D eigenvalue weighted by Gasteiger charge is -2.24. The molecular weight excluding hydrogens is 363 g/mol. The van der Waals surface area contributed by atoms with Crippen LogP contribution in [0.4, 0.5) is 0 Å². The Morgan fingerprint density at radius 2 is 2.00 bits per heavy atom. The molecule has 0 bridgehead atoms. The third-order valence-corrected chi connectivity index (χ3v) is 7.68. The number of hydrogen-bond donors (Lipinski definition) is 2. The Labute approximate surface area is 160 Å². The molecule has 2 rings (SSSR count). The van der Waals surface area contributed by atoms with E-state index in [-0.39, 0.29) is 6.61 Å². The van der Waals surface area contributed by atoms with Gasteiger partial charge in [-0.3, -0.25) is 9.36 Å². The Hall–Kier alpha value is -1.91. The van der Waals surface area contributed by atoms with Crippen molar-refractivity contribution in [2.45, 2.75) is 51.1 Å². The van der Waals surface area contributed by atoms with Gasteiger partial charge in [-0.05, 0) is 51.0 Å². The fourth-order valence-corrected chi connectivity index (χ4v) is 5.87. The van der Waals surface area contributed by atoms with E-state index in [0.717, 1.165) is 18.5 Å². The van der Waals surface area contributed by atoms with Gasteiger partial charge in [0.15, 0.2) is 0 Å². The Balaban J connectivity index is 1.90. The molecule has 2 atom stereocenters. The first-order valence-corrected chi connectivity index (χ1v) is 11.4. The fourth-order valence-electron chi connectivity index (χ4n) is 3.23. The van der Waals surface area contributed by atoms with Gasteiger partial charge in [0.1, 0.15) is 5.66 Å². The van der Waals surface area contributed by atoms with Crippen molar-refractivity contribution in [3.63, 3.8) is 0 Å². The zero-order valence-corrected chi connectivity index (χ0v) is 16.7. The monoisotopic (exact) mass is 392 g/mol. The van der Waals surface area contributed by atoms with Crippen LogP contribution >= 0.6 is 7.37 Å². The molecule has 0 saturated carbocycles. The molecule has 2 unspecified atom stereocenters. The second-order valence-electron chi connectivity index (χ2n) is 6.63. The highest BCUT2D eigenvalue weighted by Gasteiger charge is 2.38. The molecule has 148 valence electrons. The number of aliphatic carboxylic acids is 1. The molecule has 0 radical (unpaired) electrons. The van der Waals surface area contributed by atoms with E-state index in [1.165, 1.54) is 5.56 Å². The van der Waals surface area contributed by atoms with E-state index in [1.807, 2.05) is 18.2 Å². The van der Waals surface area contributed by atoms with Crippen molar-refractivity contribution in [3.8, 4) is 0 Å². The molecule has 6 nitrogen and oxygen atoms in total. The molecule has 27 heavy (non-hydrogen) atoms. The van der Waals surface area contributed by atoms with Crippen molar-refractivity contribution in [1.29, 1.82) is 0 Å². The number of nitrogens with one attached hydrogen (secondary N) is 1. The third-order valence-electron chi connectivity index (χ3n) is 4.61. The van der Waals surface area contributed by atoms with Crippen LogP contribution in [0, 0.1) is 0 Å². The van der Waals surface area contributed by atoms with Gasteiger partial charge in [0.05, 0.1) is 12.9 Å². The topological polar surface area (TPSA) is 92.3 Å². The molecule has 0 saturated heterocycles. The maximum absolute atomic E-state index is 13.3. The van der Waals surface area contributed by atoms with Crippen molar-refractivity contribution in [3.05, 3.63) is 54.1 Å². The summed E-state index contributed by atoms with van der Waals surface area (Å²) in [6, 6.07) is 10.1. The summed E-state index contributed by atoms with van der Waals surface area (Å²) < 4.78 is 18.9. The van der Waals surface area contributed by atoms with Crippen LogP contribution in [0.3, 0.4) is 0 Å². The number of carboxylic acid groups (broad SMARTS) is 1. The fraction of sp³-hybridized carbons (Fsp3) is 0.500. The lowest BCUT2D eigenvalue weighted by molar-refractivity contribution is -0.136. The number of rotatable bonds is 13. The van der Waals surface area contributed by atoms with Gasteiger partial charge in [0.25, 0.3) is 0 Å². The minimum atomic E-state index is -3.24. The van der Waals surface area contributed by atoms with E-state index in [2.05, 4.69) is 22.1 Å². The van der Waals surface area contributed by atoms with Crippen molar-refractivity contribution in [2.24, 2.45) is 0 Å². The summed E-state index contributed by atoms with van der Waals surface area (Å²) in [7, 11) is -3.24. The average Bonchev–Trinajstić information content (AvgIpc) is 3.16. The van der Waals surface area contributed by atoms with Crippen LogP contribution in [-0.4, -0.2) is 39.5 Å². The first kappa shape index (κ1) is 21.4.